The van der Waals surface area contributed by atoms with Crippen molar-refractivity contribution in [1.29, 1.82) is 0 Å². The number of hydrogen-bond donors (Lipinski definition) is 2. The largest absolute Gasteiger partial charge is 0.397 e. The molecule has 2 heteroatoms. The van der Waals surface area contributed by atoms with E-state index in [1.165, 1.54) is 5.56 Å². The smallest absolute Gasteiger partial charge is 0.0580 e. The van der Waals surface area contributed by atoms with Crippen LogP contribution >= 0.6 is 0 Å². The first kappa shape index (κ1) is 10.9. The minimum absolute atomic E-state index is 0.0991. The maximum absolute atomic E-state index is 5.89. The van der Waals surface area contributed by atoms with Crippen LogP contribution in [0.2, 0.25) is 0 Å². The summed E-state index contributed by atoms with van der Waals surface area (Å²) in [6.45, 7) is 8.59. The van der Waals surface area contributed by atoms with Crippen LogP contribution in [0, 0.1) is 6.92 Å². The summed E-state index contributed by atoms with van der Waals surface area (Å²) in [5, 5.41) is 3.45. The van der Waals surface area contributed by atoms with Crippen molar-refractivity contribution >= 4 is 11.4 Å². The minimum Gasteiger partial charge on any atom is -0.397 e. The van der Waals surface area contributed by atoms with E-state index in [0.29, 0.717) is 0 Å². The molecule has 0 radical (unpaired) electrons. The molecule has 0 fully saturated rings. The lowest BCUT2D eigenvalue weighted by Gasteiger charge is -2.27. The van der Waals surface area contributed by atoms with Gasteiger partial charge in [-0.2, -0.15) is 0 Å². The molecule has 14 heavy (non-hydrogen) atoms. The van der Waals surface area contributed by atoms with E-state index in [1.807, 2.05) is 12.1 Å². The summed E-state index contributed by atoms with van der Waals surface area (Å²) in [4.78, 5) is 0. The summed E-state index contributed by atoms with van der Waals surface area (Å²) in [7, 11) is 0. The molecule has 0 saturated heterocycles. The summed E-state index contributed by atoms with van der Waals surface area (Å²) in [6.07, 6.45) is 1.07. The summed E-state index contributed by atoms with van der Waals surface area (Å²) in [5.41, 5.74) is 9.07. The highest BCUT2D eigenvalue weighted by atomic mass is 15.0. The molecule has 0 amide bonds. The Hall–Kier alpha value is -1.18. The third-order valence-electron chi connectivity index (χ3n) is 2.57. The van der Waals surface area contributed by atoms with Crippen molar-refractivity contribution in [2.45, 2.75) is 39.7 Å². The lowest BCUT2D eigenvalue weighted by atomic mass is 10.0. The molecular weight excluding hydrogens is 172 g/mol. The van der Waals surface area contributed by atoms with Gasteiger partial charge in [0.05, 0.1) is 11.4 Å². The molecule has 1 aromatic carbocycles. The van der Waals surface area contributed by atoms with Gasteiger partial charge in [0, 0.05) is 5.54 Å². The molecule has 0 heterocycles. The molecule has 78 valence electrons. The number of rotatable bonds is 3. The molecule has 3 N–H and O–H groups in total. The van der Waals surface area contributed by atoms with Crippen LogP contribution < -0.4 is 11.1 Å². The van der Waals surface area contributed by atoms with Gasteiger partial charge >= 0.3 is 0 Å². The van der Waals surface area contributed by atoms with Gasteiger partial charge in [-0.3, -0.25) is 0 Å². The van der Waals surface area contributed by atoms with Crippen LogP contribution in [0.1, 0.15) is 32.8 Å². The number of nitrogen functional groups attached to an aromatic ring is 1. The van der Waals surface area contributed by atoms with Crippen molar-refractivity contribution in [3.8, 4) is 0 Å². The van der Waals surface area contributed by atoms with Gasteiger partial charge in [-0.05, 0) is 44.9 Å². The Morgan fingerprint density at radius 2 is 2.00 bits per heavy atom. The lowest BCUT2D eigenvalue weighted by Crippen LogP contribution is -2.30. The molecule has 0 saturated carbocycles. The van der Waals surface area contributed by atoms with Crippen LogP contribution in [0.25, 0.3) is 0 Å². The summed E-state index contributed by atoms with van der Waals surface area (Å²) in [5.74, 6) is 0. The van der Waals surface area contributed by atoms with Crippen molar-refractivity contribution in [2.24, 2.45) is 0 Å². The first-order valence-electron chi connectivity index (χ1n) is 5.09. The van der Waals surface area contributed by atoms with E-state index in [-0.39, 0.29) is 5.54 Å². The molecule has 0 spiro atoms. The molecule has 1 aromatic rings. The number of benzene rings is 1. The second-order valence-corrected chi connectivity index (χ2v) is 4.45. The third kappa shape index (κ3) is 2.66. The standard InChI is InChI=1S/C12H20N2/c1-5-12(3,4)14-11-8-9(2)6-7-10(11)13/h6-8,14H,5,13H2,1-4H3. The molecule has 0 bridgehead atoms. The van der Waals surface area contributed by atoms with Gasteiger partial charge in [0.2, 0.25) is 0 Å². The number of nitrogens with one attached hydrogen (secondary N) is 1. The van der Waals surface area contributed by atoms with Gasteiger partial charge in [0.1, 0.15) is 0 Å². The van der Waals surface area contributed by atoms with E-state index >= 15 is 0 Å². The first-order chi connectivity index (χ1) is 6.44. The highest BCUT2D eigenvalue weighted by molar-refractivity contribution is 5.67. The summed E-state index contributed by atoms with van der Waals surface area (Å²) >= 11 is 0. The number of anilines is 2. The second-order valence-electron chi connectivity index (χ2n) is 4.45. The van der Waals surface area contributed by atoms with Crippen molar-refractivity contribution in [1.82, 2.24) is 0 Å². The molecule has 0 unspecified atom stereocenters. The van der Waals surface area contributed by atoms with E-state index in [9.17, 15) is 0 Å². The lowest BCUT2D eigenvalue weighted by molar-refractivity contribution is 0.547. The zero-order valence-electron chi connectivity index (χ0n) is 9.52. The van der Waals surface area contributed by atoms with Crippen LogP contribution in [0.15, 0.2) is 18.2 Å². The Morgan fingerprint density at radius 1 is 1.36 bits per heavy atom. The molecule has 1 rings (SSSR count). The molecule has 0 aliphatic rings. The Kier molecular flexibility index (Phi) is 3.04. The second kappa shape index (κ2) is 3.91. The fourth-order valence-electron chi connectivity index (χ4n) is 1.23. The maximum Gasteiger partial charge on any atom is 0.0580 e. The topological polar surface area (TPSA) is 38.0 Å². The quantitative estimate of drug-likeness (QED) is 0.722. The van der Waals surface area contributed by atoms with Gasteiger partial charge in [-0.25, -0.2) is 0 Å². The molecular formula is C12H20N2. The zero-order valence-corrected chi connectivity index (χ0v) is 9.52. The van der Waals surface area contributed by atoms with E-state index in [0.717, 1.165) is 17.8 Å². The molecule has 0 aromatic heterocycles. The van der Waals surface area contributed by atoms with Crippen LogP contribution in [0.3, 0.4) is 0 Å². The van der Waals surface area contributed by atoms with Gasteiger partial charge < -0.3 is 11.1 Å². The fourth-order valence-corrected chi connectivity index (χ4v) is 1.23. The maximum atomic E-state index is 5.89. The van der Waals surface area contributed by atoms with E-state index in [4.69, 9.17) is 5.73 Å². The van der Waals surface area contributed by atoms with Gasteiger partial charge in [0.25, 0.3) is 0 Å². The van der Waals surface area contributed by atoms with E-state index < -0.39 is 0 Å². The van der Waals surface area contributed by atoms with Gasteiger partial charge in [-0.1, -0.05) is 13.0 Å². The van der Waals surface area contributed by atoms with Crippen LogP contribution in [-0.4, -0.2) is 5.54 Å². The molecule has 0 atom stereocenters. The van der Waals surface area contributed by atoms with Crippen molar-refractivity contribution < 1.29 is 0 Å². The highest BCUT2D eigenvalue weighted by Crippen LogP contribution is 2.24. The first-order valence-corrected chi connectivity index (χ1v) is 5.09. The highest BCUT2D eigenvalue weighted by Gasteiger charge is 2.15. The Bertz CT molecular complexity index is 316. The summed E-state index contributed by atoms with van der Waals surface area (Å²) in [6, 6.07) is 6.07. The number of nitrogens with two attached hydrogens (primary N) is 1. The van der Waals surface area contributed by atoms with Crippen LogP contribution in [0.5, 0.6) is 0 Å². The van der Waals surface area contributed by atoms with Crippen molar-refractivity contribution in [3.05, 3.63) is 23.8 Å². The SMILES string of the molecule is CCC(C)(C)Nc1cc(C)ccc1N. The predicted molar refractivity (Wildman–Crippen MR) is 63.6 cm³/mol. The Labute approximate surface area is 86.5 Å². The average molecular weight is 192 g/mol. The Balaban J connectivity index is 2.91. The van der Waals surface area contributed by atoms with Gasteiger partial charge in [-0.15, -0.1) is 0 Å². The molecule has 0 aliphatic heterocycles. The van der Waals surface area contributed by atoms with E-state index in [1.54, 1.807) is 0 Å². The zero-order chi connectivity index (χ0) is 10.8. The third-order valence-corrected chi connectivity index (χ3v) is 2.57. The van der Waals surface area contributed by atoms with Crippen LogP contribution in [0.4, 0.5) is 11.4 Å². The number of hydrogen-bond acceptors (Lipinski definition) is 2. The molecule has 0 aliphatic carbocycles. The van der Waals surface area contributed by atoms with Crippen molar-refractivity contribution in [3.63, 3.8) is 0 Å². The fraction of sp³-hybridized carbons (Fsp3) is 0.500. The average Bonchev–Trinajstić information content (AvgIpc) is 2.11. The summed E-state index contributed by atoms with van der Waals surface area (Å²) < 4.78 is 0. The predicted octanol–water partition coefficient (Wildman–Crippen LogP) is 3.18. The van der Waals surface area contributed by atoms with Crippen LogP contribution in [-0.2, 0) is 0 Å². The monoisotopic (exact) mass is 192 g/mol. The van der Waals surface area contributed by atoms with Crippen molar-refractivity contribution in [2.75, 3.05) is 11.1 Å². The number of aryl methyl sites for hydroxylation is 1. The Morgan fingerprint density at radius 3 is 2.57 bits per heavy atom. The normalized spacial score (nSPS) is 11.4. The van der Waals surface area contributed by atoms with E-state index in [2.05, 4.69) is 39.1 Å². The van der Waals surface area contributed by atoms with Gasteiger partial charge in [0.15, 0.2) is 0 Å². The minimum atomic E-state index is 0.0991. The molecule has 2 nitrogen and oxygen atoms in total.